The van der Waals surface area contributed by atoms with E-state index < -0.39 is 10.0 Å². The molecule has 0 bridgehead atoms. The van der Waals surface area contributed by atoms with Crippen molar-refractivity contribution in [3.8, 4) is 5.75 Å². The van der Waals surface area contributed by atoms with Crippen LogP contribution in [0.5, 0.6) is 5.75 Å². The highest BCUT2D eigenvalue weighted by molar-refractivity contribution is 7.89. The van der Waals surface area contributed by atoms with Gasteiger partial charge < -0.3 is 4.74 Å². The third kappa shape index (κ3) is 3.23. The van der Waals surface area contributed by atoms with E-state index in [1.807, 2.05) is 13.8 Å². The van der Waals surface area contributed by atoms with Gasteiger partial charge in [0.25, 0.3) is 0 Å². The number of hydrogen-bond donors (Lipinski definition) is 1. The molecule has 0 unspecified atom stereocenters. The van der Waals surface area contributed by atoms with E-state index in [2.05, 4.69) is 13.8 Å². The van der Waals surface area contributed by atoms with Gasteiger partial charge in [0.1, 0.15) is 5.75 Å². The van der Waals surface area contributed by atoms with E-state index in [0.717, 1.165) is 16.9 Å². The fourth-order valence-corrected chi connectivity index (χ4v) is 2.71. The van der Waals surface area contributed by atoms with E-state index in [0.29, 0.717) is 18.1 Å². The first-order valence-electron chi connectivity index (χ1n) is 5.91. The maximum Gasteiger partial charge on any atom is 0.238 e. The molecule has 0 saturated carbocycles. The van der Waals surface area contributed by atoms with Gasteiger partial charge in [-0.05, 0) is 49.4 Å². The second kappa shape index (κ2) is 5.28. The molecule has 0 spiro atoms. The predicted octanol–water partition coefficient (Wildman–Crippen LogP) is 2.29. The molecule has 0 radical (unpaired) electrons. The Balaban J connectivity index is 3.30. The molecule has 0 fully saturated rings. The molecule has 1 aromatic rings. The first-order chi connectivity index (χ1) is 8.14. The lowest BCUT2D eigenvalue weighted by Gasteiger charge is -2.17. The topological polar surface area (TPSA) is 69.4 Å². The zero-order chi connectivity index (χ0) is 14.1. The summed E-state index contributed by atoms with van der Waals surface area (Å²) < 4.78 is 28.7. The summed E-state index contributed by atoms with van der Waals surface area (Å²) in [6.45, 7) is 10.2. The first-order valence-corrected chi connectivity index (χ1v) is 7.45. The third-order valence-corrected chi connectivity index (χ3v) is 3.88. The molecule has 18 heavy (non-hydrogen) atoms. The third-order valence-electron chi connectivity index (χ3n) is 2.85. The van der Waals surface area contributed by atoms with Gasteiger partial charge in [-0.2, -0.15) is 0 Å². The van der Waals surface area contributed by atoms with Crippen LogP contribution in [0.15, 0.2) is 11.0 Å². The van der Waals surface area contributed by atoms with Crippen LogP contribution in [0.25, 0.3) is 0 Å². The Labute approximate surface area is 109 Å². The van der Waals surface area contributed by atoms with E-state index in [-0.39, 0.29) is 4.90 Å². The van der Waals surface area contributed by atoms with E-state index in [1.165, 1.54) is 0 Å². The van der Waals surface area contributed by atoms with Gasteiger partial charge in [-0.1, -0.05) is 13.8 Å². The molecule has 0 amide bonds. The Hall–Kier alpha value is -1.07. The minimum Gasteiger partial charge on any atom is -0.493 e. The molecule has 5 heteroatoms. The average molecular weight is 271 g/mol. The molecule has 0 aliphatic rings. The summed E-state index contributed by atoms with van der Waals surface area (Å²) >= 11 is 0. The van der Waals surface area contributed by atoms with Crippen molar-refractivity contribution in [2.45, 2.75) is 39.5 Å². The Kier molecular flexibility index (Phi) is 4.40. The molecule has 0 atom stereocenters. The maximum absolute atomic E-state index is 11.5. The van der Waals surface area contributed by atoms with Crippen LogP contribution in [0.2, 0.25) is 0 Å². The van der Waals surface area contributed by atoms with E-state index in [9.17, 15) is 8.42 Å². The molecule has 1 rings (SSSR count). The second-order valence-corrected chi connectivity index (χ2v) is 6.55. The van der Waals surface area contributed by atoms with Crippen molar-refractivity contribution < 1.29 is 13.2 Å². The number of sulfonamides is 1. The van der Waals surface area contributed by atoms with Gasteiger partial charge in [-0.3, -0.25) is 0 Å². The first kappa shape index (κ1) is 15.0. The van der Waals surface area contributed by atoms with Crippen molar-refractivity contribution in [3.63, 3.8) is 0 Å². The molecular weight excluding hydrogens is 250 g/mol. The van der Waals surface area contributed by atoms with Gasteiger partial charge in [0.2, 0.25) is 10.0 Å². The number of rotatable bonds is 4. The molecule has 0 aliphatic heterocycles. The van der Waals surface area contributed by atoms with Crippen LogP contribution in [0.1, 0.15) is 30.5 Å². The summed E-state index contributed by atoms with van der Waals surface area (Å²) in [7, 11) is -3.68. The highest BCUT2D eigenvalue weighted by atomic mass is 32.2. The fourth-order valence-electron chi connectivity index (χ4n) is 1.79. The minimum atomic E-state index is -3.68. The fraction of sp³-hybridized carbons (Fsp3) is 0.538. The predicted molar refractivity (Wildman–Crippen MR) is 72.4 cm³/mol. The van der Waals surface area contributed by atoms with Crippen molar-refractivity contribution in [3.05, 3.63) is 22.8 Å². The monoisotopic (exact) mass is 271 g/mol. The largest absolute Gasteiger partial charge is 0.493 e. The zero-order valence-corrected chi connectivity index (χ0v) is 12.4. The van der Waals surface area contributed by atoms with Gasteiger partial charge in [0.05, 0.1) is 11.5 Å². The standard InChI is InChI=1S/C13H21NO3S/c1-8(2)7-17-13-9(3)6-12(18(14,15)16)10(4)11(13)5/h6,8H,7H2,1-5H3,(H2,14,15,16). The minimum absolute atomic E-state index is 0.175. The van der Waals surface area contributed by atoms with Gasteiger partial charge >= 0.3 is 0 Å². The average Bonchev–Trinajstić information content (AvgIpc) is 2.21. The van der Waals surface area contributed by atoms with Crippen LogP contribution in [-0.2, 0) is 10.0 Å². The molecule has 102 valence electrons. The van der Waals surface area contributed by atoms with Crippen LogP contribution >= 0.6 is 0 Å². The smallest absolute Gasteiger partial charge is 0.238 e. The van der Waals surface area contributed by atoms with Crippen molar-refractivity contribution in [2.75, 3.05) is 6.61 Å². The van der Waals surface area contributed by atoms with Crippen molar-refractivity contribution in [2.24, 2.45) is 11.1 Å². The summed E-state index contributed by atoms with van der Waals surface area (Å²) in [5, 5.41) is 5.20. The molecular formula is C13H21NO3S. The molecule has 0 heterocycles. The Morgan fingerprint density at radius 2 is 1.78 bits per heavy atom. The molecule has 0 aliphatic carbocycles. The van der Waals surface area contributed by atoms with Gasteiger partial charge in [0.15, 0.2) is 0 Å². The second-order valence-electron chi connectivity index (χ2n) is 5.02. The number of hydrogen-bond acceptors (Lipinski definition) is 3. The highest BCUT2D eigenvalue weighted by Gasteiger charge is 2.18. The number of aryl methyl sites for hydroxylation is 1. The van der Waals surface area contributed by atoms with Gasteiger partial charge in [-0.25, -0.2) is 13.6 Å². The summed E-state index contributed by atoms with van der Waals surface area (Å²) in [6.07, 6.45) is 0. The Bertz CT molecular complexity index is 548. The maximum atomic E-state index is 11.5. The molecule has 0 saturated heterocycles. The number of ether oxygens (including phenoxy) is 1. The van der Waals surface area contributed by atoms with E-state index in [1.54, 1.807) is 13.0 Å². The molecule has 2 N–H and O–H groups in total. The lowest BCUT2D eigenvalue weighted by molar-refractivity contribution is 0.267. The number of primary sulfonamides is 1. The van der Waals surface area contributed by atoms with Crippen LogP contribution in [0, 0.1) is 26.7 Å². The van der Waals surface area contributed by atoms with Crippen LogP contribution < -0.4 is 9.88 Å². The normalized spacial score (nSPS) is 11.9. The SMILES string of the molecule is Cc1cc(S(N)(=O)=O)c(C)c(C)c1OCC(C)C. The zero-order valence-electron chi connectivity index (χ0n) is 11.6. The highest BCUT2D eigenvalue weighted by Crippen LogP contribution is 2.30. The van der Waals surface area contributed by atoms with Gasteiger partial charge in [-0.15, -0.1) is 0 Å². The Morgan fingerprint density at radius 3 is 2.22 bits per heavy atom. The van der Waals surface area contributed by atoms with Crippen molar-refractivity contribution >= 4 is 10.0 Å². The van der Waals surface area contributed by atoms with E-state index in [4.69, 9.17) is 9.88 Å². The Morgan fingerprint density at radius 1 is 1.22 bits per heavy atom. The van der Waals surface area contributed by atoms with Crippen LogP contribution in [-0.4, -0.2) is 15.0 Å². The quantitative estimate of drug-likeness (QED) is 0.913. The van der Waals surface area contributed by atoms with Crippen molar-refractivity contribution in [1.29, 1.82) is 0 Å². The summed E-state index contributed by atoms with van der Waals surface area (Å²) in [6, 6.07) is 1.58. The van der Waals surface area contributed by atoms with Crippen LogP contribution in [0.3, 0.4) is 0 Å². The summed E-state index contributed by atoms with van der Waals surface area (Å²) in [4.78, 5) is 0.175. The number of nitrogens with two attached hydrogens (primary N) is 1. The van der Waals surface area contributed by atoms with E-state index >= 15 is 0 Å². The molecule has 0 aromatic heterocycles. The van der Waals surface area contributed by atoms with Crippen LogP contribution in [0.4, 0.5) is 0 Å². The molecule has 4 nitrogen and oxygen atoms in total. The number of benzene rings is 1. The summed E-state index contributed by atoms with van der Waals surface area (Å²) in [5.41, 5.74) is 2.28. The lowest BCUT2D eigenvalue weighted by Crippen LogP contribution is -2.15. The summed E-state index contributed by atoms with van der Waals surface area (Å²) in [5.74, 6) is 1.18. The lowest BCUT2D eigenvalue weighted by atomic mass is 10.0. The van der Waals surface area contributed by atoms with Gasteiger partial charge in [0, 0.05) is 0 Å². The van der Waals surface area contributed by atoms with Crippen molar-refractivity contribution in [1.82, 2.24) is 0 Å². The molecule has 1 aromatic carbocycles.